The van der Waals surface area contributed by atoms with Gasteiger partial charge in [-0.1, -0.05) is 48.5 Å². The Hall–Kier alpha value is -5.37. The Kier molecular flexibility index (Phi) is 5.64. The van der Waals surface area contributed by atoms with Gasteiger partial charge in [-0.25, -0.2) is 14.7 Å². The van der Waals surface area contributed by atoms with Crippen LogP contribution in [0.4, 0.5) is 22.9 Å². The van der Waals surface area contributed by atoms with Gasteiger partial charge in [-0.15, -0.1) is 0 Å². The van der Waals surface area contributed by atoms with Crippen molar-refractivity contribution in [1.29, 1.82) is 0 Å². The molecular weight excluding hydrogens is 512 g/mol. The Morgan fingerprint density at radius 1 is 0.780 bits per heavy atom. The van der Waals surface area contributed by atoms with Crippen molar-refractivity contribution in [3.8, 4) is 17.2 Å². The van der Waals surface area contributed by atoms with E-state index < -0.39 is 6.04 Å². The quantitative estimate of drug-likeness (QED) is 0.214. The minimum Gasteiger partial charge on any atom is -0.504 e. The highest BCUT2D eigenvalue weighted by molar-refractivity contribution is 6.51. The van der Waals surface area contributed by atoms with Crippen molar-refractivity contribution < 1.29 is 10.2 Å². The monoisotopic (exact) mass is 540 g/mol. The summed E-state index contributed by atoms with van der Waals surface area (Å²) < 4.78 is 1.86. The molecule has 8 nitrogen and oxygen atoms in total. The summed E-state index contributed by atoms with van der Waals surface area (Å²) in [5.41, 5.74) is 8.24. The summed E-state index contributed by atoms with van der Waals surface area (Å²) in [6, 6.07) is 28.7. The Morgan fingerprint density at radius 2 is 1.56 bits per heavy atom. The normalized spacial score (nSPS) is 15.4. The van der Waals surface area contributed by atoms with Crippen LogP contribution in [-0.4, -0.2) is 31.7 Å². The zero-order valence-electron chi connectivity index (χ0n) is 22.9. The molecule has 0 saturated heterocycles. The topological polar surface area (TPSA) is 98.3 Å². The van der Waals surface area contributed by atoms with Gasteiger partial charge < -0.3 is 20.4 Å². The van der Waals surface area contributed by atoms with Crippen molar-refractivity contribution in [1.82, 2.24) is 9.78 Å². The minimum absolute atomic E-state index is 0.173. The van der Waals surface area contributed by atoms with E-state index in [-0.39, 0.29) is 11.5 Å². The number of benzene rings is 4. The van der Waals surface area contributed by atoms with E-state index in [1.54, 1.807) is 6.07 Å². The van der Waals surface area contributed by atoms with E-state index in [0.717, 1.165) is 50.7 Å². The fourth-order valence-corrected chi connectivity index (χ4v) is 5.57. The van der Waals surface area contributed by atoms with Crippen molar-refractivity contribution in [3.63, 3.8) is 0 Å². The summed E-state index contributed by atoms with van der Waals surface area (Å²) >= 11 is 0. The van der Waals surface area contributed by atoms with E-state index in [9.17, 15) is 10.2 Å². The van der Waals surface area contributed by atoms with Gasteiger partial charge in [0.25, 0.3) is 0 Å². The van der Waals surface area contributed by atoms with Crippen molar-refractivity contribution in [2.24, 2.45) is 9.98 Å². The molecule has 2 aliphatic heterocycles. The standard InChI is InChI=1S/C33H28N6O2/c1-19-13-14-20(2)25(17-19)35-31-33-36-32-29(21(3)37-39(32)23-9-5-4-6-10-23)30(22-15-16-27(40)28(41)18-22)38(33)26-12-8-7-11-24(26)34-31/h4-18,30,40-41H,1-3H3,(H,34,35). The second kappa shape index (κ2) is 9.38. The third-order valence-corrected chi connectivity index (χ3v) is 7.60. The molecule has 3 N–H and O–H groups in total. The number of aliphatic imine (C=N–C) groups is 2. The summed E-state index contributed by atoms with van der Waals surface area (Å²) in [4.78, 5) is 12.4. The first-order valence-corrected chi connectivity index (χ1v) is 13.5. The van der Waals surface area contributed by atoms with E-state index in [0.29, 0.717) is 17.5 Å². The van der Waals surface area contributed by atoms with Crippen LogP contribution < -0.4 is 10.2 Å². The number of aromatic nitrogens is 2. The van der Waals surface area contributed by atoms with Crippen LogP contribution in [0.1, 0.15) is 34.0 Å². The maximum absolute atomic E-state index is 10.6. The first kappa shape index (κ1) is 24.7. The highest BCUT2D eigenvalue weighted by Crippen LogP contribution is 2.49. The Morgan fingerprint density at radius 3 is 2.37 bits per heavy atom. The summed E-state index contributed by atoms with van der Waals surface area (Å²) in [5.74, 6) is 1.57. The van der Waals surface area contributed by atoms with Gasteiger partial charge in [0.2, 0.25) is 0 Å². The molecule has 3 heterocycles. The molecule has 1 atom stereocenters. The molecular formula is C33H28N6O2. The number of nitrogens with one attached hydrogen (secondary N) is 1. The molecule has 0 fully saturated rings. The molecule has 0 amide bonds. The third-order valence-electron chi connectivity index (χ3n) is 7.60. The molecule has 202 valence electrons. The molecule has 1 unspecified atom stereocenters. The van der Waals surface area contributed by atoms with Crippen molar-refractivity contribution in [2.75, 3.05) is 10.2 Å². The number of anilines is 2. The van der Waals surface area contributed by atoms with Crippen LogP contribution in [0.25, 0.3) is 5.69 Å². The fraction of sp³-hybridized carbons (Fsp3) is 0.121. The van der Waals surface area contributed by atoms with E-state index in [1.807, 2.05) is 72.3 Å². The number of phenols is 2. The van der Waals surface area contributed by atoms with Crippen LogP contribution in [0.5, 0.6) is 11.5 Å². The van der Waals surface area contributed by atoms with E-state index in [4.69, 9.17) is 15.1 Å². The average Bonchev–Trinajstić information content (AvgIpc) is 3.32. The average molecular weight is 541 g/mol. The SMILES string of the molecule is Cc1ccc(C)c(NC2=Nc3ccccc3N3C2=Nc2c(c(C)nn2-c2ccccc2)C3c2ccc(O)c(O)c2)c1. The third kappa shape index (κ3) is 4.03. The lowest BCUT2D eigenvalue weighted by Gasteiger charge is -2.40. The maximum atomic E-state index is 10.6. The van der Waals surface area contributed by atoms with Gasteiger partial charge in [-0.3, -0.25) is 0 Å². The lowest BCUT2D eigenvalue weighted by Crippen LogP contribution is -2.46. The van der Waals surface area contributed by atoms with Gasteiger partial charge in [-0.2, -0.15) is 5.10 Å². The molecule has 41 heavy (non-hydrogen) atoms. The number of nitrogens with zero attached hydrogens (tertiary/aromatic N) is 5. The summed E-state index contributed by atoms with van der Waals surface area (Å²) in [6.07, 6.45) is 0. The molecule has 5 aromatic rings. The molecule has 0 spiro atoms. The van der Waals surface area contributed by atoms with Gasteiger partial charge in [0, 0.05) is 11.3 Å². The molecule has 7 rings (SSSR count). The number of fused-ring (bicyclic) bond motifs is 4. The van der Waals surface area contributed by atoms with E-state index >= 15 is 0 Å². The van der Waals surface area contributed by atoms with Crippen molar-refractivity contribution >= 4 is 34.6 Å². The van der Waals surface area contributed by atoms with E-state index in [1.165, 1.54) is 6.07 Å². The number of aromatic hydroxyl groups is 2. The van der Waals surface area contributed by atoms with Crippen LogP contribution in [0, 0.1) is 20.8 Å². The van der Waals surface area contributed by atoms with Crippen molar-refractivity contribution in [2.45, 2.75) is 26.8 Å². The lowest BCUT2D eigenvalue weighted by molar-refractivity contribution is 0.403. The number of hydrogen-bond donors (Lipinski definition) is 3. The van der Waals surface area contributed by atoms with Crippen LogP contribution in [0.15, 0.2) is 101 Å². The van der Waals surface area contributed by atoms with Gasteiger partial charge in [0.1, 0.15) is 0 Å². The molecule has 0 saturated carbocycles. The predicted octanol–water partition coefficient (Wildman–Crippen LogP) is 7.00. The Balaban J connectivity index is 1.51. The first-order valence-electron chi connectivity index (χ1n) is 13.5. The Bertz CT molecular complexity index is 1890. The highest BCUT2D eigenvalue weighted by atomic mass is 16.3. The van der Waals surface area contributed by atoms with Gasteiger partial charge in [-0.05, 0) is 79.9 Å². The molecule has 8 heteroatoms. The maximum Gasteiger partial charge on any atom is 0.179 e. The molecule has 1 aromatic heterocycles. The van der Waals surface area contributed by atoms with Crippen LogP contribution in [0.2, 0.25) is 0 Å². The lowest BCUT2D eigenvalue weighted by atomic mass is 9.93. The molecule has 0 bridgehead atoms. The zero-order valence-corrected chi connectivity index (χ0v) is 22.9. The predicted molar refractivity (Wildman–Crippen MR) is 163 cm³/mol. The Labute approximate surface area is 237 Å². The largest absolute Gasteiger partial charge is 0.504 e. The number of hydrogen-bond acceptors (Lipinski definition) is 7. The fourth-order valence-electron chi connectivity index (χ4n) is 5.57. The summed E-state index contributed by atoms with van der Waals surface area (Å²) in [5, 5.41) is 29.2. The number of aryl methyl sites for hydroxylation is 3. The zero-order chi connectivity index (χ0) is 28.2. The second-order valence-electron chi connectivity index (χ2n) is 10.4. The number of para-hydroxylation sites is 3. The highest BCUT2D eigenvalue weighted by Gasteiger charge is 2.41. The van der Waals surface area contributed by atoms with Gasteiger partial charge >= 0.3 is 0 Å². The summed E-state index contributed by atoms with van der Waals surface area (Å²) in [6.45, 7) is 6.10. The number of phenolic OH excluding ortho intramolecular Hbond substituents is 2. The van der Waals surface area contributed by atoms with Crippen LogP contribution in [-0.2, 0) is 0 Å². The number of rotatable bonds is 3. The molecule has 4 aromatic carbocycles. The first-order chi connectivity index (χ1) is 19.9. The van der Waals surface area contributed by atoms with Crippen LogP contribution >= 0.6 is 0 Å². The van der Waals surface area contributed by atoms with Crippen molar-refractivity contribution in [3.05, 3.63) is 119 Å². The van der Waals surface area contributed by atoms with Crippen LogP contribution in [0.3, 0.4) is 0 Å². The molecule has 0 aliphatic carbocycles. The molecule has 0 radical (unpaired) electrons. The number of amidine groups is 2. The summed E-state index contributed by atoms with van der Waals surface area (Å²) in [7, 11) is 0. The minimum atomic E-state index is -0.409. The van der Waals surface area contributed by atoms with E-state index in [2.05, 4.69) is 42.3 Å². The van der Waals surface area contributed by atoms with Gasteiger partial charge in [0.05, 0.1) is 28.8 Å². The second-order valence-corrected chi connectivity index (χ2v) is 10.4. The smallest absolute Gasteiger partial charge is 0.179 e. The molecule has 2 aliphatic rings. The van der Waals surface area contributed by atoms with Gasteiger partial charge in [0.15, 0.2) is 29.0 Å².